The number of rotatable bonds is 9. The van der Waals surface area contributed by atoms with Gasteiger partial charge in [-0.1, -0.05) is 11.6 Å². The predicted octanol–water partition coefficient (Wildman–Crippen LogP) is 2.38. The Morgan fingerprint density at radius 2 is 1.92 bits per heavy atom. The van der Waals surface area contributed by atoms with E-state index in [-0.39, 0.29) is 18.1 Å². The first-order valence-electron chi connectivity index (χ1n) is 7.76. The summed E-state index contributed by atoms with van der Waals surface area (Å²) < 4.78 is 15.9. The standard InChI is InChI=1S/C17H27ClN2O4/c1-17(2,3)20-16(21)11-24-15-9-13(18)12(8-14(15)23-5)10-19-6-7-22-4/h8-9,19H,6-7,10-11H2,1-5H3,(H,20,21). The molecule has 0 atom stereocenters. The Balaban J connectivity index is 2.71. The fourth-order valence-electron chi connectivity index (χ4n) is 1.98. The van der Waals surface area contributed by atoms with Crippen molar-refractivity contribution in [2.45, 2.75) is 32.9 Å². The van der Waals surface area contributed by atoms with Gasteiger partial charge in [0.05, 0.1) is 13.7 Å². The van der Waals surface area contributed by atoms with Gasteiger partial charge in [-0.2, -0.15) is 0 Å². The molecule has 136 valence electrons. The average Bonchev–Trinajstić information content (AvgIpc) is 2.49. The monoisotopic (exact) mass is 358 g/mol. The summed E-state index contributed by atoms with van der Waals surface area (Å²) in [5, 5.41) is 6.60. The second-order valence-electron chi connectivity index (χ2n) is 6.35. The summed E-state index contributed by atoms with van der Waals surface area (Å²) in [6, 6.07) is 3.47. The number of benzene rings is 1. The van der Waals surface area contributed by atoms with Crippen molar-refractivity contribution < 1.29 is 19.0 Å². The number of nitrogens with one attached hydrogen (secondary N) is 2. The van der Waals surface area contributed by atoms with Crippen LogP contribution in [0.3, 0.4) is 0 Å². The van der Waals surface area contributed by atoms with Crippen LogP contribution in [0.1, 0.15) is 26.3 Å². The maximum absolute atomic E-state index is 11.9. The van der Waals surface area contributed by atoms with Crippen molar-refractivity contribution in [2.24, 2.45) is 0 Å². The Morgan fingerprint density at radius 1 is 1.21 bits per heavy atom. The Hall–Kier alpha value is -1.50. The zero-order chi connectivity index (χ0) is 18.2. The number of hydrogen-bond donors (Lipinski definition) is 2. The van der Waals surface area contributed by atoms with Crippen LogP contribution in [0.25, 0.3) is 0 Å². The second-order valence-corrected chi connectivity index (χ2v) is 6.76. The highest BCUT2D eigenvalue weighted by molar-refractivity contribution is 6.31. The van der Waals surface area contributed by atoms with E-state index in [1.807, 2.05) is 20.8 Å². The molecule has 7 heteroatoms. The van der Waals surface area contributed by atoms with E-state index in [1.54, 1.807) is 26.4 Å². The molecule has 0 fully saturated rings. The van der Waals surface area contributed by atoms with Gasteiger partial charge in [-0.25, -0.2) is 0 Å². The van der Waals surface area contributed by atoms with Gasteiger partial charge in [0.15, 0.2) is 18.1 Å². The third-order valence-corrected chi connectivity index (χ3v) is 3.36. The Bertz CT molecular complexity index is 544. The van der Waals surface area contributed by atoms with Gasteiger partial charge in [-0.05, 0) is 32.4 Å². The molecule has 0 spiro atoms. The van der Waals surface area contributed by atoms with Gasteiger partial charge >= 0.3 is 0 Å². The van der Waals surface area contributed by atoms with Crippen molar-refractivity contribution >= 4 is 17.5 Å². The summed E-state index contributed by atoms with van der Waals surface area (Å²) in [5.41, 5.74) is 0.580. The molecule has 24 heavy (non-hydrogen) atoms. The van der Waals surface area contributed by atoms with E-state index in [1.165, 1.54) is 0 Å². The van der Waals surface area contributed by atoms with E-state index in [9.17, 15) is 4.79 Å². The van der Waals surface area contributed by atoms with Gasteiger partial charge in [0.25, 0.3) is 5.91 Å². The molecule has 0 aliphatic heterocycles. The van der Waals surface area contributed by atoms with Crippen molar-refractivity contribution in [1.82, 2.24) is 10.6 Å². The molecule has 6 nitrogen and oxygen atoms in total. The largest absolute Gasteiger partial charge is 0.493 e. The van der Waals surface area contributed by atoms with E-state index in [0.717, 1.165) is 12.1 Å². The minimum atomic E-state index is -0.306. The van der Waals surface area contributed by atoms with Crippen molar-refractivity contribution in [1.29, 1.82) is 0 Å². The summed E-state index contributed by atoms with van der Waals surface area (Å²) in [4.78, 5) is 11.9. The van der Waals surface area contributed by atoms with Gasteiger partial charge in [0, 0.05) is 36.8 Å². The summed E-state index contributed by atoms with van der Waals surface area (Å²) in [6.07, 6.45) is 0. The minimum Gasteiger partial charge on any atom is -0.493 e. The van der Waals surface area contributed by atoms with Crippen LogP contribution in [0.15, 0.2) is 12.1 Å². The van der Waals surface area contributed by atoms with Gasteiger partial charge in [0.1, 0.15) is 0 Å². The highest BCUT2D eigenvalue weighted by Crippen LogP contribution is 2.33. The van der Waals surface area contributed by atoms with Crippen LogP contribution < -0.4 is 20.1 Å². The normalized spacial score (nSPS) is 11.2. The fourth-order valence-corrected chi connectivity index (χ4v) is 2.20. The van der Waals surface area contributed by atoms with E-state index in [2.05, 4.69) is 10.6 Å². The van der Waals surface area contributed by atoms with E-state index >= 15 is 0 Å². The zero-order valence-electron chi connectivity index (χ0n) is 15.0. The molecule has 0 saturated carbocycles. The Morgan fingerprint density at radius 3 is 2.50 bits per heavy atom. The minimum absolute atomic E-state index is 0.102. The van der Waals surface area contributed by atoms with Crippen molar-refractivity contribution in [3.05, 3.63) is 22.7 Å². The number of methoxy groups -OCH3 is 2. The Labute approximate surface area is 148 Å². The molecule has 0 bridgehead atoms. The SMILES string of the molecule is COCCNCc1cc(OC)c(OCC(=O)NC(C)(C)C)cc1Cl. The number of carbonyl (C=O) groups is 1. The molecule has 1 aromatic carbocycles. The van der Waals surface area contributed by atoms with E-state index in [4.69, 9.17) is 25.8 Å². The maximum Gasteiger partial charge on any atom is 0.258 e. The lowest BCUT2D eigenvalue weighted by atomic mass is 10.1. The zero-order valence-corrected chi connectivity index (χ0v) is 15.8. The second kappa shape index (κ2) is 9.71. The average molecular weight is 359 g/mol. The van der Waals surface area contributed by atoms with Gasteiger partial charge in [-0.15, -0.1) is 0 Å². The first-order chi connectivity index (χ1) is 11.3. The van der Waals surface area contributed by atoms with Crippen molar-refractivity contribution in [3.8, 4) is 11.5 Å². The first kappa shape index (κ1) is 20.5. The molecule has 0 aliphatic carbocycles. The first-order valence-corrected chi connectivity index (χ1v) is 8.14. The number of hydrogen-bond acceptors (Lipinski definition) is 5. The summed E-state index contributed by atoms with van der Waals surface area (Å²) in [5.74, 6) is 0.768. The molecule has 1 amide bonds. The van der Waals surface area contributed by atoms with Crippen LogP contribution in [-0.2, 0) is 16.1 Å². The quantitative estimate of drug-likeness (QED) is 0.663. The highest BCUT2D eigenvalue weighted by atomic mass is 35.5. The van der Waals surface area contributed by atoms with Crippen molar-refractivity contribution in [3.63, 3.8) is 0 Å². The third-order valence-electron chi connectivity index (χ3n) is 3.00. The summed E-state index contributed by atoms with van der Waals surface area (Å²) >= 11 is 6.29. The maximum atomic E-state index is 11.9. The van der Waals surface area contributed by atoms with E-state index in [0.29, 0.717) is 29.7 Å². The number of ether oxygens (including phenoxy) is 3. The summed E-state index contributed by atoms with van der Waals surface area (Å²) in [6.45, 7) is 7.56. The predicted molar refractivity (Wildman–Crippen MR) is 95.0 cm³/mol. The molecule has 2 N–H and O–H groups in total. The lowest BCUT2D eigenvalue weighted by Gasteiger charge is -2.21. The summed E-state index contributed by atoms with van der Waals surface area (Å²) in [7, 11) is 3.20. The third kappa shape index (κ3) is 7.38. The van der Waals surface area contributed by atoms with Crippen LogP contribution in [0.2, 0.25) is 5.02 Å². The van der Waals surface area contributed by atoms with Gasteiger partial charge < -0.3 is 24.8 Å². The molecule has 0 heterocycles. The molecule has 0 aliphatic rings. The van der Waals surface area contributed by atoms with Crippen LogP contribution in [0.4, 0.5) is 0 Å². The lowest BCUT2D eigenvalue weighted by Crippen LogP contribution is -2.43. The van der Waals surface area contributed by atoms with Crippen LogP contribution in [0.5, 0.6) is 11.5 Å². The topological polar surface area (TPSA) is 68.8 Å². The Kier molecular flexibility index (Phi) is 8.31. The number of amides is 1. The van der Waals surface area contributed by atoms with Crippen LogP contribution >= 0.6 is 11.6 Å². The number of halogens is 1. The molecule has 0 unspecified atom stereocenters. The molecule has 0 aromatic heterocycles. The molecule has 1 aromatic rings. The van der Waals surface area contributed by atoms with Gasteiger partial charge in [0.2, 0.25) is 0 Å². The van der Waals surface area contributed by atoms with Gasteiger partial charge in [-0.3, -0.25) is 4.79 Å². The molecular weight excluding hydrogens is 332 g/mol. The highest BCUT2D eigenvalue weighted by Gasteiger charge is 2.16. The lowest BCUT2D eigenvalue weighted by molar-refractivity contribution is -0.124. The number of carbonyl (C=O) groups excluding carboxylic acids is 1. The van der Waals surface area contributed by atoms with Crippen LogP contribution in [0, 0.1) is 0 Å². The fraction of sp³-hybridized carbons (Fsp3) is 0.588. The molecule has 1 rings (SSSR count). The molecular formula is C17H27ClN2O4. The van der Waals surface area contributed by atoms with Crippen molar-refractivity contribution in [2.75, 3.05) is 34.0 Å². The van der Waals surface area contributed by atoms with Crippen LogP contribution in [-0.4, -0.2) is 45.4 Å². The molecule has 0 radical (unpaired) electrons. The van der Waals surface area contributed by atoms with E-state index < -0.39 is 0 Å². The molecule has 0 saturated heterocycles. The smallest absolute Gasteiger partial charge is 0.258 e.